The van der Waals surface area contributed by atoms with Crippen LogP contribution in [0.5, 0.6) is 5.75 Å². The number of carboxylic acids is 1. The Bertz CT molecular complexity index is 660. The van der Waals surface area contributed by atoms with Crippen LogP contribution in [0.1, 0.15) is 16.7 Å². The maximum absolute atomic E-state index is 12.8. The maximum Gasteiger partial charge on any atom is 0.328 e. The molecule has 0 fully saturated rings. The lowest BCUT2D eigenvalue weighted by atomic mass is 10.1. The number of hydrogen-bond acceptors (Lipinski definition) is 2. The molecule has 1 N–H and O–H groups in total. The fourth-order valence-electron chi connectivity index (χ4n) is 1.90. The molecular formula is C17H15FO3. The molecular weight excluding hydrogens is 271 g/mol. The highest BCUT2D eigenvalue weighted by Gasteiger charge is 2.06. The quantitative estimate of drug-likeness (QED) is 0.850. The summed E-state index contributed by atoms with van der Waals surface area (Å²) in [6.07, 6.45) is 2.56. The van der Waals surface area contributed by atoms with Gasteiger partial charge in [0, 0.05) is 11.6 Å². The molecule has 0 bridgehead atoms. The molecule has 0 aliphatic rings. The number of para-hydroxylation sites is 1. The van der Waals surface area contributed by atoms with Crippen molar-refractivity contribution < 1.29 is 19.0 Å². The van der Waals surface area contributed by atoms with Gasteiger partial charge in [0.25, 0.3) is 0 Å². The standard InChI is InChI=1S/C17H15FO3/c1-12-3-2-4-14(7-10-16(19)20)17(12)21-11-13-5-8-15(18)9-6-13/h2-10H,11H2,1H3,(H,19,20)/b10-7+. The molecule has 21 heavy (non-hydrogen) atoms. The van der Waals surface area contributed by atoms with Crippen LogP contribution >= 0.6 is 0 Å². The average molecular weight is 286 g/mol. The second-order valence-corrected chi connectivity index (χ2v) is 4.58. The monoisotopic (exact) mass is 286 g/mol. The number of rotatable bonds is 5. The summed E-state index contributed by atoms with van der Waals surface area (Å²) in [6, 6.07) is 11.6. The Morgan fingerprint density at radius 2 is 1.95 bits per heavy atom. The number of aliphatic carboxylic acids is 1. The molecule has 0 aliphatic carbocycles. The number of benzene rings is 2. The Labute approximate surface area is 122 Å². The van der Waals surface area contributed by atoms with Crippen molar-refractivity contribution in [2.75, 3.05) is 0 Å². The second-order valence-electron chi connectivity index (χ2n) is 4.58. The molecule has 4 heteroatoms. The Morgan fingerprint density at radius 1 is 1.24 bits per heavy atom. The third kappa shape index (κ3) is 4.18. The fraction of sp³-hybridized carbons (Fsp3) is 0.118. The molecule has 3 nitrogen and oxygen atoms in total. The van der Waals surface area contributed by atoms with Gasteiger partial charge in [0.1, 0.15) is 18.2 Å². The molecule has 0 heterocycles. The molecule has 0 aromatic heterocycles. The SMILES string of the molecule is Cc1cccc(/C=C/C(=O)O)c1OCc1ccc(F)cc1. The smallest absolute Gasteiger partial charge is 0.328 e. The van der Waals surface area contributed by atoms with Crippen molar-refractivity contribution in [1.82, 2.24) is 0 Å². The van der Waals surface area contributed by atoms with Gasteiger partial charge in [-0.25, -0.2) is 9.18 Å². The van der Waals surface area contributed by atoms with E-state index in [4.69, 9.17) is 9.84 Å². The van der Waals surface area contributed by atoms with E-state index in [-0.39, 0.29) is 5.82 Å². The van der Waals surface area contributed by atoms with Crippen molar-refractivity contribution in [3.8, 4) is 5.75 Å². The van der Waals surface area contributed by atoms with Crippen LogP contribution in [-0.2, 0) is 11.4 Å². The van der Waals surface area contributed by atoms with Gasteiger partial charge >= 0.3 is 5.97 Å². The Hall–Kier alpha value is -2.62. The van der Waals surface area contributed by atoms with Crippen LogP contribution < -0.4 is 4.74 Å². The predicted molar refractivity (Wildman–Crippen MR) is 78.6 cm³/mol. The van der Waals surface area contributed by atoms with Crippen molar-refractivity contribution in [2.45, 2.75) is 13.5 Å². The molecule has 0 unspecified atom stereocenters. The average Bonchev–Trinajstić information content (AvgIpc) is 2.46. The van der Waals surface area contributed by atoms with Crippen LogP contribution in [0.3, 0.4) is 0 Å². The Balaban J connectivity index is 2.18. The van der Waals surface area contributed by atoms with Crippen molar-refractivity contribution in [3.05, 3.63) is 71.0 Å². The molecule has 0 radical (unpaired) electrons. The zero-order valence-corrected chi connectivity index (χ0v) is 11.5. The third-order valence-electron chi connectivity index (χ3n) is 2.94. The van der Waals surface area contributed by atoms with Gasteiger partial charge < -0.3 is 9.84 Å². The molecule has 2 aromatic rings. The molecule has 0 atom stereocenters. The summed E-state index contributed by atoms with van der Waals surface area (Å²) in [5, 5.41) is 8.71. The summed E-state index contributed by atoms with van der Waals surface area (Å²) in [5.41, 5.74) is 2.44. The zero-order valence-electron chi connectivity index (χ0n) is 11.5. The third-order valence-corrected chi connectivity index (χ3v) is 2.94. The molecule has 2 aromatic carbocycles. The molecule has 2 rings (SSSR count). The molecule has 108 valence electrons. The van der Waals surface area contributed by atoms with Gasteiger partial charge in [-0.3, -0.25) is 0 Å². The van der Waals surface area contributed by atoms with E-state index in [1.807, 2.05) is 19.1 Å². The highest BCUT2D eigenvalue weighted by Crippen LogP contribution is 2.25. The first kappa shape index (κ1) is 14.8. The Kier molecular flexibility index (Phi) is 4.72. The van der Waals surface area contributed by atoms with E-state index in [0.717, 1.165) is 17.2 Å². The van der Waals surface area contributed by atoms with Crippen molar-refractivity contribution >= 4 is 12.0 Å². The summed E-state index contributed by atoms with van der Waals surface area (Å²) in [4.78, 5) is 10.6. The fourth-order valence-corrected chi connectivity index (χ4v) is 1.90. The van der Waals surface area contributed by atoms with Crippen LogP contribution in [0.15, 0.2) is 48.5 Å². The molecule has 0 spiro atoms. The summed E-state index contributed by atoms with van der Waals surface area (Å²) < 4.78 is 18.6. The normalized spacial score (nSPS) is 10.8. The van der Waals surface area contributed by atoms with E-state index in [1.165, 1.54) is 18.2 Å². The van der Waals surface area contributed by atoms with E-state index >= 15 is 0 Å². The van der Waals surface area contributed by atoms with E-state index in [1.54, 1.807) is 18.2 Å². The summed E-state index contributed by atoms with van der Waals surface area (Å²) in [6.45, 7) is 2.18. The summed E-state index contributed by atoms with van der Waals surface area (Å²) in [5.74, 6) is -0.681. The van der Waals surface area contributed by atoms with Gasteiger partial charge in [-0.1, -0.05) is 30.3 Å². The number of carbonyl (C=O) groups is 1. The van der Waals surface area contributed by atoms with Crippen LogP contribution in [0.25, 0.3) is 6.08 Å². The number of carboxylic acid groups (broad SMARTS) is 1. The van der Waals surface area contributed by atoms with Crippen LogP contribution in [-0.4, -0.2) is 11.1 Å². The zero-order chi connectivity index (χ0) is 15.2. The van der Waals surface area contributed by atoms with E-state index in [0.29, 0.717) is 17.9 Å². The van der Waals surface area contributed by atoms with Crippen molar-refractivity contribution in [1.29, 1.82) is 0 Å². The lowest BCUT2D eigenvalue weighted by Gasteiger charge is -2.12. The van der Waals surface area contributed by atoms with Crippen molar-refractivity contribution in [3.63, 3.8) is 0 Å². The van der Waals surface area contributed by atoms with Crippen LogP contribution in [0, 0.1) is 12.7 Å². The maximum atomic E-state index is 12.8. The van der Waals surface area contributed by atoms with Gasteiger partial charge in [-0.15, -0.1) is 0 Å². The first-order chi connectivity index (χ1) is 10.1. The first-order valence-corrected chi connectivity index (χ1v) is 6.44. The molecule has 0 aliphatic heterocycles. The van der Waals surface area contributed by atoms with E-state index < -0.39 is 5.97 Å². The first-order valence-electron chi connectivity index (χ1n) is 6.44. The van der Waals surface area contributed by atoms with Crippen LogP contribution in [0.4, 0.5) is 4.39 Å². The number of ether oxygens (including phenoxy) is 1. The molecule has 0 saturated heterocycles. The van der Waals surface area contributed by atoms with Crippen LogP contribution in [0.2, 0.25) is 0 Å². The highest BCUT2D eigenvalue weighted by molar-refractivity contribution is 5.86. The van der Waals surface area contributed by atoms with Gasteiger partial charge in [0.2, 0.25) is 0 Å². The summed E-state index contributed by atoms with van der Waals surface area (Å²) >= 11 is 0. The molecule has 0 amide bonds. The number of halogens is 1. The largest absolute Gasteiger partial charge is 0.488 e. The van der Waals surface area contributed by atoms with E-state index in [9.17, 15) is 9.18 Å². The second kappa shape index (κ2) is 6.70. The topological polar surface area (TPSA) is 46.5 Å². The Morgan fingerprint density at radius 3 is 2.62 bits per heavy atom. The molecule has 0 saturated carbocycles. The minimum Gasteiger partial charge on any atom is -0.488 e. The highest BCUT2D eigenvalue weighted by atomic mass is 19.1. The number of aryl methyl sites for hydroxylation is 1. The predicted octanol–water partition coefficient (Wildman–Crippen LogP) is 3.81. The van der Waals surface area contributed by atoms with Gasteiger partial charge in [-0.2, -0.15) is 0 Å². The lowest BCUT2D eigenvalue weighted by molar-refractivity contribution is -0.131. The van der Waals surface area contributed by atoms with Gasteiger partial charge in [0.05, 0.1) is 0 Å². The van der Waals surface area contributed by atoms with Crippen molar-refractivity contribution in [2.24, 2.45) is 0 Å². The van der Waals surface area contributed by atoms with Gasteiger partial charge in [-0.05, 0) is 36.3 Å². The summed E-state index contributed by atoms with van der Waals surface area (Å²) in [7, 11) is 0. The lowest BCUT2D eigenvalue weighted by Crippen LogP contribution is -1.99. The van der Waals surface area contributed by atoms with Gasteiger partial charge in [0.15, 0.2) is 0 Å². The minimum atomic E-state index is -1.01. The van der Waals surface area contributed by atoms with E-state index in [2.05, 4.69) is 0 Å². The number of hydrogen-bond donors (Lipinski definition) is 1. The minimum absolute atomic E-state index is 0.291.